The van der Waals surface area contributed by atoms with Crippen LogP contribution in [-0.4, -0.2) is 22.4 Å². The summed E-state index contributed by atoms with van der Waals surface area (Å²) in [5.74, 6) is 10.4. The fourth-order valence-corrected chi connectivity index (χ4v) is 0.530. The van der Waals surface area contributed by atoms with Gasteiger partial charge in [-0.25, -0.2) is 0 Å². The second kappa shape index (κ2) is 8.13. The molecule has 0 amide bonds. The molecule has 0 bridgehead atoms. The number of hydrogen-bond acceptors (Lipinski definition) is 2. The third-order valence-corrected chi connectivity index (χ3v) is 1.12. The molecule has 74 valence electrons. The molecule has 0 aliphatic heterocycles. The van der Waals surface area contributed by atoms with Gasteiger partial charge in [0.25, 0.3) is 0 Å². The van der Waals surface area contributed by atoms with Crippen molar-refractivity contribution in [2.75, 3.05) is 0 Å². The minimum absolute atomic E-state index is 0.479. The van der Waals surface area contributed by atoms with Crippen molar-refractivity contribution >= 4 is 0 Å². The van der Waals surface area contributed by atoms with Crippen LogP contribution in [0.4, 0.5) is 0 Å². The number of allylic oxidation sites excluding steroid dienone is 2. The van der Waals surface area contributed by atoms with Crippen molar-refractivity contribution in [3.63, 3.8) is 0 Å². The normalized spacial score (nSPS) is 14.3. The van der Waals surface area contributed by atoms with Gasteiger partial charge in [0.05, 0.1) is 12.2 Å². The van der Waals surface area contributed by atoms with Crippen molar-refractivity contribution < 1.29 is 10.2 Å². The lowest BCUT2D eigenvalue weighted by atomic mass is 10.3. The Kier molecular flexibility index (Phi) is 7.27. The van der Waals surface area contributed by atoms with Crippen LogP contribution in [0.25, 0.3) is 0 Å². The third-order valence-electron chi connectivity index (χ3n) is 1.12. The van der Waals surface area contributed by atoms with E-state index in [0.717, 1.165) is 0 Å². The molecule has 0 aromatic heterocycles. The van der Waals surface area contributed by atoms with E-state index < -0.39 is 12.2 Å². The van der Waals surface area contributed by atoms with Crippen LogP contribution in [-0.2, 0) is 0 Å². The highest BCUT2D eigenvalue weighted by Gasteiger charge is 1.80. The molecule has 0 rings (SSSR count). The quantitative estimate of drug-likeness (QED) is 0.634. The molecule has 0 aliphatic carbocycles. The molecule has 0 heterocycles. The SMILES string of the molecule is CC(O)C=CC#CC#CC=CC(C)O. The average molecular weight is 190 g/mol. The predicted molar refractivity (Wildman–Crippen MR) is 57.2 cm³/mol. The topological polar surface area (TPSA) is 40.5 Å². The highest BCUT2D eigenvalue weighted by Crippen LogP contribution is 1.81. The van der Waals surface area contributed by atoms with Gasteiger partial charge in [0, 0.05) is 0 Å². The predicted octanol–water partition coefficient (Wildman–Crippen LogP) is 0.867. The zero-order chi connectivity index (χ0) is 10.8. The van der Waals surface area contributed by atoms with Crippen LogP contribution in [0.2, 0.25) is 0 Å². The number of aliphatic hydroxyl groups is 2. The van der Waals surface area contributed by atoms with E-state index in [4.69, 9.17) is 10.2 Å². The van der Waals surface area contributed by atoms with Crippen molar-refractivity contribution in [1.82, 2.24) is 0 Å². The minimum Gasteiger partial charge on any atom is -0.389 e. The lowest BCUT2D eigenvalue weighted by molar-refractivity contribution is 0.244. The van der Waals surface area contributed by atoms with Gasteiger partial charge in [-0.1, -0.05) is 11.8 Å². The van der Waals surface area contributed by atoms with Crippen molar-refractivity contribution in [1.29, 1.82) is 0 Å². The molecule has 0 radical (unpaired) electrons. The minimum atomic E-state index is -0.479. The molecule has 14 heavy (non-hydrogen) atoms. The first-order valence-electron chi connectivity index (χ1n) is 4.33. The Hall–Kier alpha value is -1.48. The fourth-order valence-electron chi connectivity index (χ4n) is 0.530. The molecule has 0 saturated carbocycles. The summed E-state index contributed by atoms with van der Waals surface area (Å²) in [6, 6.07) is 0. The molecular formula is C12H14O2. The van der Waals surface area contributed by atoms with Crippen LogP contribution < -0.4 is 0 Å². The Balaban J connectivity index is 3.91. The molecule has 2 nitrogen and oxygen atoms in total. The van der Waals surface area contributed by atoms with E-state index in [9.17, 15) is 0 Å². The summed E-state index contributed by atoms with van der Waals surface area (Å²) in [6.45, 7) is 3.30. The van der Waals surface area contributed by atoms with Crippen molar-refractivity contribution in [2.45, 2.75) is 26.1 Å². The first-order chi connectivity index (χ1) is 6.63. The summed E-state index contributed by atoms with van der Waals surface area (Å²) in [5, 5.41) is 17.6. The molecule has 0 spiro atoms. The largest absolute Gasteiger partial charge is 0.389 e. The number of aliphatic hydroxyl groups excluding tert-OH is 2. The first-order valence-corrected chi connectivity index (χ1v) is 4.33. The van der Waals surface area contributed by atoms with Gasteiger partial charge < -0.3 is 10.2 Å². The zero-order valence-electron chi connectivity index (χ0n) is 8.36. The highest BCUT2D eigenvalue weighted by atomic mass is 16.3. The Morgan fingerprint density at radius 2 is 1.21 bits per heavy atom. The molecule has 0 fully saturated rings. The van der Waals surface area contributed by atoms with E-state index in [1.807, 2.05) is 0 Å². The molecular weight excluding hydrogens is 176 g/mol. The third kappa shape index (κ3) is 10.5. The lowest BCUT2D eigenvalue weighted by Crippen LogP contribution is -1.90. The lowest BCUT2D eigenvalue weighted by Gasteiger charge is -1.87. The van der Waals surface area contributed by atoms with Crippen LogP contribution in [0, 0.1) is 23.7 Å². The van der Waals surface area contributed by atoms with E-state index in [1.54, 1.807) is 38.2 Å². The maximum absolute atomic E-state index is 8.82. The van der Waals surface area contributed by atoms with Gasteiger partial charge in [-0.2, -0.15) is 0 Å². The number of rotatable bonds is 2. The molecule has 0 aromatic carbocycles. The summed E-state index contributed by atoms with van der Waals surface area (Å²) in [4.78, 5) is 0. The molecule has 2 N–H and O–H groups in total. The number of hydrogen-bond donors (Lipinski definition) is 2. The maximum Gasteiger partial charge on any atom is 0.0701 e. The zero-order valence-corrected chi connectivity index (χ0v) is 8.36. The van der Waals surface area contributed by atoms with Crippen LogP contribution in [0.1, 0.15) is 13.8 Å². The molecule has 0 aromatic rings. The summed E-state index contributed by atoms with van der Waals surface area (Å²) in [5.41, 5.74) is 0. The molecule has 0 aliphatic rings. The molecule has 2 unspecified atom stereocenters. The first kappa shape index (κ1) is 12.5. The van der Waals surface area contributed by atoms with Crippen LogP contribution in [0.3, 0.4) is 0 Å². The van der Waals surface area contributed by atoms with Crippen molar-refractivity contribution in [3.8, 4) is 23.7 Å². The van der Waals surface area contributed by atoms with Crippen LogP contribution in [0.5, 0.6) is 0 Å². The second-order valence-corrected chi connectivity index (χ2v) is 2.74. The van der Waals surface area contributed by atoms with Gasteiger partial charge in [0.2, 0.25) is 0 Å². The van der Waals surface area contributed by atoms with Gasteiger partial charge >= 0.3 is 0 Å². The summed E-state index contributed by atoms with van der Waals surface area (Å²) < 4.78 is 0. The summed E-state index contributed by atoms with van der Waals surface area (Å²) in [6.07, 6.45) is 5.29. The second-order valence-electron chi connectivity index (χ2n) is 2.74. The molecule has 0 saturated heterocycles. The van der Waals surface area contributed by atoms with E-state index in [2.05, 4.69) is 23.7 Å². The van der Waals surface area contributed by atoms with Gasteiger partial charge in [-0.3, -0.25) is 0 Å². The Morgan fingerprint density at radius 1 is 0.857 bits per heavy atom. The van der Waals surface area contributed by atoms with E-state index in [-0.39, 0.29) is 0 Å². The fraction of sp³-hybridized carbons (Fsp3) is 0.333. The van der Waals surface area contributed by atoms with E-state index in [0.29, 0.717) is 0 Å². The Bertz CT molecular complexity index is 280. The summed E-state index contributed by atoms with van der Waals surface area (Å²) in [7, 11) is 0. The smallest absolute Gasteiger partial charge is 0.0701 e. The Morgan fingerprint density at radius 3 is 1.50 bits per heavy atom. The van der Waals surface area contributed by atoms with Crippen LogP contribution in [0.15, 0.2) is 24.3 Å². The Labute approximate surface area is 85.0 Å². The van der Waals surface area contributed by atoms with Gasteiger partial charge in [-0.15, -0.1) is 0 Å². The molecule has 2 heteroatoms. The van der Waals surface area contributed by atoms with Crippen molar-refractivity contribution in [2.24, 2.45) is 0 Å². The van der Waals surface area contributed by atoms with Gasteiger partial charge in [0.15, 0.2) is 0 Å². The summed E-state index contributed by atoms with van der Waals surface area (Å²) >= 11 is 0. The van der Waals surface area contributed by atoms with E-state index >= 15 is 0 Å². The van der Waals surface area contributed by atoms with Crippen molar-refractivity contribution in [3.05, 3.63) is 24.3 Å². The highest BCUT2D eigenvalue weighted by molar-refractivity contribution is 5.34. The van der Waals surface area contributed by atoms with Gasteiger partial charge in [0.1, 0.15) is 0 Å². The monoisotopic (exact) mass is 190 g/mol. The van der Waals surface area contributed by atoms with Crippen LogP contribution >= 0.6 is 0 Å². The van der Waals surface area contributed by atoms with Gasteiger partial charge in [-0.05, 0) is 50.0 Å². The van der Waals surface area contributed by atoms with E-state index in [1.165, 1.54) is 0 Å². The average Bonchev–Trinajstić information content (AvgIpc) is 2.08. The molecule has 2 atom stereocenters. The maximum atomic E-state index is 8.82. The standard InChI is InChI=1S/C12H14O2/c1-11(13)9-7-5-3-4-6-8-10-12(2)14/h7-14H,1-2H3.